The Hall–Kier alpha value is -4.47. The lowest BCUT2D eigenvalue weighted by Gasteiger charge is -2.35. The van der Waals surface area contributed by atoms with E-state index in [9.17, 15) is 18.4 Å². The Morgan fingerprint density at radius 2 is 1.57 bits per heavy atom. The highest BCUT2D eigenvalue weighted by Crippen LogP contribution is 2.30. The van der Waals surface area contributed by atoms with Crippen LogP contribution in [0.4, 0.5) is 14.6 Å². The predicted molar refractivity (Wildman–Crippen MR) is 136 cm³/mol. The van der Waals surface area contributed by atoms with Crippen molar-refractivity contribution >= 4 is 17.6 Å². The third kappa shape index (κ3) is 6.81. The molecule has 37 heavy (non-hydrogen) atoms. The number of aromatic nitrogens is 1. The maximum atomic E-state index is 13.8. The number of hydrogen-bond acceptors (Lipinski definition) is 6. The molecule has 1 fully saturated rings. The third-order valence-corrected chi connectivity index (χ3v) is 5.36. The molecule has 2 heterocycles. The van der Waals surface area contributed by atoms with E-state index in [2.05, 4.69) is 11.6 Å². The summed E-state index contributed by atoms with van der Waals surface area (Å²) in [5.74, 6) is -1.25. The number of carbonyl (C=O) groups excluding carboxylic acids is 2. The third-order valence-electron chi connectivity index (χ3n) is 5.36. The fraction of sp³-hybridized carbons (Fsp3) is 0.222. The topological polar surface area (TPSA) is 98.0 Å². The molecule has 1 saturated heterocycles. The number of anilines is 1. The Bertz CT molecular complexity index is 1260. The van der Waals surface area contributed by atoms with Gasteiger partial charge in [-0.1, -0.05) is 20.4 Å². The van der Waals surface area contributed by atoms with Gasteiger partial charge in [0.15, 0.2) is 11.6 Å². The van der Waals surface area contributed by atoms with Gasteiger partial charge in [0.25, 0.3) is 5.91 Å². The van der Waals surface area contributed by atoms with Crippen LogP contribution in [0.2, 0.25) is 0 Å². The number of nitrogens with two attached hydrogens (primary N) is 1. The van der Waals surface area contributed by atoms with Gasteiger partial charge in [-0.05, 0) is 54.6 Å². The van der Waals surface area contributed by atoms with Gasteiger partial charge in [-0.15, -0.1) is 0 Å². The van der Waals surface area contributed by atoms with Crippen LogP contribution in [-0.2, 0) is 4.79 Å². The lowest BCUT2D eigenvalue weighted by Crippen LogP contribution is -2.48. The standard InChI is InChI=1S/C25H22F2N4O4.C2H6/c1-2-23(32)31-13-11-30(12-14-31)22-10-8-19(24(28)33)25(29-22)35-18-6-4-17(5-7-18)34-21-9-3-16(26)15-20(21)27;1-2/h2-10,15H,1,11-14H2,(H2,28,33);1-2H3. The molecule has 0 atom stereocenters. The molecule has 10 heteroatoms. The number of amides is 2. The van der Waals surface area contributed by atoms with Crippen molar-refractivity contribution in [3.8, 4) is 23.1 Å². The first kappa shape index (κ1) is 27.1. The lowest BCUT2D eigenvalue weighted by molar-refractivity contribution is -0.126. The van der Waals surface area contributed by atoms with Crippen LogP contribution in [0.5, 0.6) is 23.1 Å². The summed E-state index contributed by atoms with van der Waals surface area (Å²) < 4.78 is 38.2. The van der Waals surface area contributed by atoms with E-state index in [4.69, 9.17) is 15.2 Å². The van der Waals surface area contributed by atoms with Gasteiger partial charge in [0.2, 0.25) is 11.8 Å². The van der Waals surface area contributed by atoms with E-state index in [-0.39, 0.29) is 23.1 Å². The molecule has 0 spiro atoms. The molecule has 0 bridgehead atoms. The molecular weight excluding hydrogens is 482 g/mol. The normalized spacial score (nSPS) is 12.8. The van der Waals surface area contributed by atoms with E-state index >= 15 is 0 Å². The Morgan fingerprint density at radius 3 is 2.14 bits per heavy atom. The highest BCUT2D eigenvalue weighted by atomic mass is 19.1. The Morgan fingerprint density at radius 1 is 0.946 bits per heavy atom. The summed E-state index contributed by atoms with van der Waals surface area (Å²) >= 11 is 0. The van der Waals surface area contributed by atoms with Crippen molar-refractivity contribution in [1.82, 2.24) is 9.88 Å². The van der Waals surface area contributed by atoms with Gasteiger partial charge in [-0.2, -0.15) is 4.98 Å². The number of piperazine rings is 1. The number of carbonyl (C=O) groups is 2. The second kappa shape index (κ2) is 12.5. The highest BCUT2D eigenvalue weighted by Gasteiger charge is 2.22. The quantitative estimate of drug-likeness (QED) is 0.454. The molecule has 0 radical (unpaired) electrons. The average molecular weight is 511 g/mol. The van der Waals surface area contributed by atoms with Crippen LogP contribution < -0.4 is 20.1 Å². The molecule has 3 aromatic rings. The first-order valence-corrected chi connectivity index (χ1v) is 11.7. The van der Waals surface area contributed by atoms with Gasteiger partial charge in [0, 0.05) is 32.2 Å². The molecule has 0 saturated carbocycles. The second-order valence-corrected chi connectivity index (χ2v) is 7.65. The van der Waals surface area contributed by atoms with Gasteiger partial charge < -0.3 is 25.0 Å². The van der Waals surface area contributed by atoms with E-state index in [1.807, 2.05) is 18.7 Å². The summed E-state index contributed by atoms with van der Waals surface area (Å²) in [5, 5.41) is 0. The number of nitrogens with zero attached hydrogens (tertiary/aromatic N) is 3. The number of rotatable bonds is 7. The lowest BCUT2D eigenvalue weighted by atomic mass is 10.2. The van der Waals surface area contributed by atoms with Crippen LogP contribution in [0, 0.1) is 11.6 Å². The van der Waals surface area contributed by atoms with Crippen molar-refractivity contribution in [1.29, 1.82) is 0 Å². The number of hydrogen-bond donors (Lipinski definition) is 1. The van der Waals surface area contributed by atoms with Gasteiger partial charge in [0.05, 0.1) is 0 Å². The van der Waals surface area contributed by atoms with E-state index in [1.165, 1.54) is 30.3 Å². The molecule has 0 unspecified atom stereocenters. The van der Waals surface area contributed by atoms with Crippen molar-refractivity contribution < 1.29 is 27.8 Å². The molecule has 1 aliphatic heterocycles. The summed E-state index contributed by atoms with van der Waals surface area (Å²) in [6, 6.07) is 12.4. The fourth-order valence-corrected chi connectivity index (χ4v) is 3.53. The van der Waals surface area contributed by atoms with Crippen molar-refractivity contribution in [3.63, 3.8) is 0 Å². The Labute approximate surface area is 213 Å². The number of benzene rings is 2. The Balaban J connectivity index is 0.00000186. The van der Waals surface area contributed by atoms with Crippen LogP contribution in [0.15, 0.2) is 67.3 Å². The first-order valence-electron chi connectivity index (χ1n) is 11.7. The van der Waals surface area contributed by atoms with E-state index in [0.717, 1.165) is 12.1 Å². The van der Waals surface area contributed by atoms with Gasteiger partial charge in [0.1, 0.15) is 28.7 Å². The summed E-state index contributed by atoms with van der Waals surface area (Å²) in [5.41, 5.74) is 5.59. The minimum Gasteiger partial charge on any atom is -0.454 e. The summed E-state index contributed by atoms with van der Waals surface area (Å²) in [7, 11) is 0. The van der Waals surface area contributed by atoms with E-state index in [1.54, 1.807) is 23.1 Å². The molecule has 2 amide bonds. The molecule has 194 valence electrons. The highest BCUT2D eigenvalue weighted by molar-refractivity contribution is 5.95. The van der Waals surface area contributed by atoms with Crippen molar-refractivity contribution in [2.24, 2.45) is 5.73 Å². The molecule has 8 nitrogen and oxygen atoms in total. The van der Waals surface area contributed by atoms with Crippen LogP contribution in [0.1, 0.15) is 24.2 Å². The van der Waals surface area contributed by atoms with Gasteiger partial charge in [-0.25, -0.2) is 8.78 Å². The van der Waals surface area contributed by atoms with Crippen LogP contribution >= 0.6 is 0 Å². The zero-order chi connectivity index (χ0) is 26.9. The SMILES string of the molecule is C=CC(=O)N1CCN(c2ccc(C(N)=O)c(Oc3ccc(Oc4ccc(F)cc4F)cc3)n2)CC1.CC. The van der Waals surface area contributed by atoms with Crippen LogP contribution in [0.25, 0.3) is 0 Å². The average Bonchev–Trinajstić information content (AvgIpc) is 2.92. The van der Waals surface area contributed by atoms with Crippen molar-refractivity contribution in [2.75, 3.05) is 31.1 Å². The molecule has 1 aliphatic rings. The van der Waals surface area contributed by atoms with Crippen molar-refractivity contribution in [3.05, 3.63) is 84.5 Å². The number of ether oxygens (including phenoxy) is 2. The van der Waals surface area contributed by atoms with Crippen molar-refractivity contribution in [2.45, 2.75) is 13.8 Å². The van der Waals surface area contributed by atoms with Gasteiger partial charge in [-0.3, -0.25) is 9.59 Å². The smallest absolute Gasteiger partial charge is 0.254 e. The van der Waals surface area contributed by atoms with E-state index < -0.39 is 17.5 Å². The second-order valence-electron chi connectivity index (χ2n) is 7.65. The zero-order valence-corrected chi connectivity index (χ0v) is 20.6. The number of halogens is 2. The minimum absolute atomic E-state index is 0.0258. The molecule has 2 aromatic carbocycles. The first-order chi connectivity index (χ1) is 17.8. The van der Waals surface area contributed by atoms with Crippen LogP contribution in [0.3, 0.4) is 0 Å². The van der Waals surface area contributed by atoms with E-state index in [0.29, 0.717) is 43.5 Å². The summed E-state index contributed by atoms with van der Waals surface area (Å²) in [6.45, 7) is 9.63. The molecule has 4 rings (SSSR count). The minimum atomic E-state index is -0.827. The molecule has 1 aromatic heterocycles. The molecule has 0 aliphatic carbocycles. The number of pyridine rings is 1. The maximum Gasteiger partial charge on any atom is 0.254 e. The largest absolute Gasteiger partial charge is 0.454 e. The predicted octanol–water partition coefficient (Wildman–Crippen LogP) is 4.90. The zero-order valence-electron chi connectivity index (χ0n) is 20.6. The fourth-order valence-electron chi connectivity index (χ4n) is 3.53. The molecular formula is C27H28F2N4O4. The Kier molecular flexibility index (Phi) is 9.15. The number of primary amides is 1. The summed E-state index contributed by atoms with van der Waals surface area (Å²) in [4.78, 5) is 31.9. The maximum absolute atomic E-state index is 13.8. The monoisotopic (exact) mass is 510 g/mol. The summed E-state index contributed by atoms with van der Waals surface area (Å²) in [6.07, 6.45) is 1.29. The van der Waals surface area contributed by atoms with Gasteiger partial charge >= 0.3 is 0 Å². The molecule has 2 N–H and O–H groups in total. The van der Waals surface area contributed by atoms with Crippen LogP contribution in [-0.4, -0.2) is 47.9 Å².